The Kier molecular flexibility index (Phi) is 10.8. The lowest BCUT2D eigenvalue weighted by Crippen LogP contribution is -2.31. The van der Waals surface area contributed by atoms with Crippen molar-refractivity contribution in [1.29, 1.82) is 0 Å². The molecule has 1 aliphatic carbocycles. The molecular weight excluding hydrogens is 436 g/mol. The number of nitrogens with one attached hydrogen (secondary N) is 3. The van der Waals surface area contributed by atoms with Gasteiger partial charge < -0.3 is 20.9 Å². The first-order valence-electron chi connectivity index (χ1n) is 11.9. The highest BCUT2D eigenvalue weighted by Crippen LogP contribution is 2.18. The maximum Gasteiger partial charge on any atom is 0.323 e. The number of rotatable bonds is 6. The second kappa shape index (κ2) is 13.8. The Morgan fingerprint density at radius 2 is 1.43 bits per heavy atom. The molecule has 0 aromatic heterocycles. The van der Waals surface area contributed by atoms with Crippen LogP contribution in [-0.4, -0.2) is 32.1 Å². The van der Waals surface area contributed by atoms with Gasteiger partial charge in [-0.2, -0.15) is 0 Å². The van der Waals surface area contributed by atoms with Crippen molar-refractivity contribution in [3.63, 3.8) is 0 Å². The van der Waals surface area contributed by atoms with E-state index in [9.17, 15) is 9.59 Å². The summed E-state index contributed by atoms with van der Waals surface area (Å²) in [6, 6.07) is 15.5. The normalized spacial score (nSPS) is 13.1. The minimum Gasteiger partial charge on any atom is -0.378 e. The molecule has 0 heterocycles. The first-order valence-corrected chi connectivity index (χ1v) is 11.9. The fraction of sp³-hybridized carbons (Fsp3) is 0.310. The molecule has 3 N–H and O–H groups in total. The Hall–Kier alpha value is -3.80. The minimum atomic E-state index is -0.241. The summed E-state index contributed by atoms with van der Waals surface area (Å²) in [7, 11) is 3.96. The van der Waals surface area contributed by atoms with Crippen LogP contribution in [0.5, 0.6) is 0 Å². The molecule has 0 aliphatic heterocycles. The van der Waals surface area contributed by atoms with E-state index in [1.807, 2.05) is 86.6 Å². The van der Waals surface area contributed by atoms with Gasteiger partial charge in [-0.25, -0.2) is 4.79 Å². The summed E-state index contributed by atoms with van der Waals surface area (Å²) in [6.45, 7) is 7.81. The Morgan fingerprint density at radius 3 is 1.94 bits per heavy atom. The van der Waals surface area contributed by atoms with Crippen molar-refractivity contribution in [2.24, 2.45) is 0 Å². The van der Waals surface area contributed by atoms with Gasteiger partial charge in [0.25, 0.3) is 0 Å². The monoisotopic (exact) mass is 474 g/mol. The fourth-order valence-electron chi connectivity index (χ4n) is 3.36. The van der Waals surface area contributed by atoms with Gasteiger partial charge in [0, 0.05) is 38.1 Å². The van der Waals surface area contributed by atoms with Crippen LogP contribution in [0.4, 0.5) is 21.9 Å². The molecule has 35 heavy (non-hydrogen) atoms. The number of allylic oxidation sites excluding steroid dienone is 4. The molecule has 1 aliphatic rings. The van der Waals surface area contributed by atoms with Gasteiger partial charge in [-0.3, -0.25) is 4.79 Å². The number of nitrogens with zero attached hydrogens (tertiary/aromatic N) is 1. The van der Waals surface area contributed by atoms with E-state index >= 15 is 0 Å². The summed E-state index contributed by atoms with van der Waals surface area (Å²) in [5.74, 6) is 0.494. The molecule has 186 valence electrons. The number of hydrogen-bond acceptors (Lipinski definition) is 3. The van der Waals surface area contributed by atoms with Gasteiger partial charge in [0.1, 0.15) is 0 Å². The number of amides is 3. The summed E-state index contributed by atoms with van der Waals surface area (Å²) in [4.78, 5) is 24.8. The predicted octanol–water partition coefficient (Wildman–Crippen LogP) is 6.47. The molecule has 0 radical (unpaired) electrons. The summed E-state index contributed by atoms with van der Waals surface area (Å²) < 4.78 is 0. The van der Waals surface area contributed by atoms with E-state index in [4.69, 9.17) is 0 Å². The Bertz CT molecular complexity index is 994. The predicted molar refractivity (Wildman–Crippen MR) is 148 cm³/mol. The number of carbonyl (C=O) groups is 2. The lowest BCUT2D eigenvalue weighted by atomic mass is 10.0. The molecule has 0 bridgehead atoms. The zero-order chi connectivity index (χ0) is 25.8. The number of benzene rings is 2. The van der Waals surface area contributed by atoms with Crippen LogP contribution in [0.25, 0.3) is 0 Å². The number of carbonyl (C=O) groups excluding carboxylic acids is 2. The first-order chi connectivity index (χ1) is 16.7. The molecule has 6 heteroatoms. The van der Waals surface area contributed by atoms with Crippen LogP contribution in [0, 0.1) is 0 Å². The van der Waals surface area contributed by atoms with Gasteiger partial charge in [0.2, 0.25) is 5.91 Å². The maximum atomic E-state index is 12.0. The Morgan fingerprint density at radius 1 is 0.857 bits per heavy atom. The van der Waals surface area contributed by atoms with E-state index in [1.54, 1.807) is 0 Å². The van der Waals surface area contributed by atoms with Crippen molar-refractivity contribution in [2.45, 2.75) is 46.1 Å². The number of urea groups is 1. The van der Waals surface area contributed by atoms with Gasteiger partial charge in [-0.1, -0.05) is 56.4 Å². The van der Waals surface area contributed by atoms with Crippen molar-refractivity contribution in [3.05, 3.63) is 90.0 Å². The van der Waals surface area contributed by atoms with Crippen LogP contribution in [0.1, 0.15) is 45.6 Å². The largest absolute Gasteiger partial charge is 0.378 e. The van der Waals surface area contributed by atoms with Crippen LogP contribution in [-0.2, 0) is 4.79 Å². The van der Waals surface area contributed by atoms with E-state index < -0.39 is 0 Å². The summed E-state index contributed by atoms with van der Waals surface area (Å²) in [5.41, 5.74) is 5.04. The average Bonchev–Trinajstić information content (AvgIpc) is 3.09. The van der Waals surface area contributed by atoms with Crippen molar-refractivity contribution in [3.8, 4) is 0 Å². The highest BCUT2D eigenvalue weighted by Gasteiger charge is 2.07. The molecule has 1 atom stereocenters. The topological polar surface area (TPSA) is 73.5 Å². The van der Waals surface area contributed by atoms with E-state index in [1.165, 1.54) is 12.5 Å². The van der Waals surface area contributed by atoms with E-state index in [0.29, 0.717) is 5.92 Å². The average molecular weight is 475 g/mol. The SMILES string of the molecule is CC(=O)NC(C)C1=CC=CCC=C1.CC(C)c1ccc(NC(=O)Nc2ccc(N(C)C)cc2)cc1. The second-order valence-corrected chi connectivity index (χ2v) is 8.95. The van der Waals surface area contributed by atoms with Crippen LogP contribution in [0.3, 0.4) is 0 Å². The smallest absolute Gasteiger partial charge is 0.323 e. The Balaban J connectivity index is 0.000000283. The molecular formula is C29H38N4O2. The lowest BCUT2D eigenvalue weighted by Gasteiger charge is -2.13. The lowest BCUT2D eigenvalue weighted by molar-refractivity contribution is -0.119. The number of hydrogen-bond donors (Lipinski definition) is 3. The first kappa shape index (κ1) is 27.4. The van der Waals surface area contributed by atoms with Gasteiger partial charge in [0.05, 0.1) is 6.04 Å². The summed E-state index contributed by atoms with van der Waals surface area (Å²) in [5, 5.41) is 8.51. The third-order valence-electron chi connectivity index (χ3n) is 5.40. The zero-order valence-electron chi connectivity index (χ0n) is 21.6. The van der Waals surface area contributed by atoms with E-state index in [2.05, 4.69) is 48.0 Å². The highest BCUT2D eigenvalue weighted by molar-refractivity contribution is 5.99. The van der Waals surface area contributed by atoms with E-state index in [0.717, 1.165) is 29.1 Å². The van der Waals surface area contributed by atoms with Gasteiger partial charge in [0.15, 0.2) is 0 Å². The highest BCUT2D eigenvalue weighted by atomic mass is 16.2. The quantitative estimate of drug-likeness (QED) is 0.449. The van der Waals surface area contributed by atoms with Crippen LogP contribution >= 0.6 is 0 Å². The summed E-state index contributed by atoms with van der Waals surface area (Å²) >= 11 is 0. The zero-order valence-corrected chi connectivity index (χ0v) is 21.6. The molecule has 0 fully saturated rings. The van der Waals surface area contributed by atoms with Crippen molar-refractivity contribution < 1.29 is 9.59 Å². The molecule has 0 saturated heterocycles. The van der Waals surface area contributed by atoms with Crippen molar-refractivity contribution in [1.82, 2.24) is 5.32 Å². The molecule has 0 spiro atoms. The number of anilines is 3. The molecule has 0 saturated carbocycles. The maximum absolute atomic E-state index is 12.0. The third-order valence-corrected chi connectivity index (χ3v) is 5.40. The molecule has 3 amide bonds. The fourth-order valence-corrected chi connectivity index (χ4v) is 3.36. The second-order valence-electron chi connectivity index (χ2n) is 8.95. The van der Waals surface area contributed by atoms with Crippen LogP contribution in [0.2, 0.25) is 0 Å². The third kappa shape index (κ3) is 9.92. The Labute approximate surface area is 209 Å². The standard InChI is InChI=1S/C18H23N3O.C11H15NO/c1-13(2)14-5-7-15(8-6-14)19-18(22)20-16-9-11-17(12-10-16)21(3)4;1-9(12-10(2)13)11-7-5-3-4-6-8-11/h5-13H,1-4H3,(H2,19,20,22);3,5-9H,4H2,1-2H3,(H,12,13). The van der Waals surface area contributed by atoms with Gasteiger partial charge in [-0.15, -0.1) is 0 Å². The van der Waals surface area contributed by atoms with Crippen molar-refractivity contribution in [2.75, 3.05) is 29.6 Å². The van der Waals surface area contributed by atoms with E-state index in [-0.39, 0.29) is 18.0 Å². The van der Waals surface area contributed by atoms with Crippen molar-refractivity contribution >= 4 is 29.0 Å². The minimum absolute atomic E-state index is 0.00928. The molecule has 2 aromatic carbocycles. The van der Waals surface area contributed by atoms with Crippen LogP contribution in [0.15, 0.2) is 84.5 Å². The molecule has 1 unspecified atom stereocenters. The van der Waals surface area contributed by atoms with Crippen LogP contribution < -0.4 is 20.9 Å². The van der Waals surface area contributed by atoms with Gasteiger partial charge >= 0.3 is 6.03 Å². The molecule has 6 nitrogen and oxygen atoms in total. The van der Waals surface area contributed by atoms with Gasteiger partial charge in [-0.05, 0) is 66.8 Å². The molecule has 3 rings (SSSR count). The summed E-state index contributed by atoms with van der Waals surface area (Å²) in [6.07, 6.45) is 11.3. The molecule has 2 aromatic rings.